The average molecular weight is 457 g/mol. The Morgan fingerprint density at radius 1 is 1.06 bits per heavy atom. The molecule has 2 aliphatic rings. The molecule has 1 aliphatic heterocycles. The van der Waals surface area contributed by atoms with E-state index < -0.39 is 0 Å². The van der Waals surface area contributed by atoms with E-state index in [0.29, 0.717) is 12.1 Å². The first kappa shape index (κ1) is 22.3. The molecule has 2 heterocycles. The largest absolute Gasteiger partial charge is 0.315 e. The second-order valence-electron chi connectivity index (χ2n) is 8.43. The van der Waals surface area contributed by atoms with Gasteiger partial charge in [-0.15, -0.1) is 11.3 Å². The third-order valence-electron chi connectivity index (χ3n) is 6.22. The molecule has 1 N–H and O–H groups in total. The fourth-order valence-electron chi connectivity index (χ4n) is 4.47. The van der Waals surface area contributed by atoms with Gasteiger partial charge < -0.3 is 5.32 Å². The van der Waals surface area contributed by atoms with E-state index in [2.05, 4.69) is 27.3 Å². The first-order chi connectivity index (χ1) is 15.1. The fraction of sp³-hybridized carbons (Fsp3) is 0.500. The number of benzene rings is 1. The molecule has 1 amide bonds. The molecular formula is C24H29ClN4OS. The Kier molecular flexibility index (Phi) is 7.62. The third kappa shape index (κ3) is 5.67. The van der Waals surface area contributed by atoms with Crippen LogP contribution in [-0.4, -0.2) is 48.4 Å². The maximum atomic E-state index is 12.7. The van der Waals surface area contributed by atoms with Crippen molar-refractivity contribution in [3.63, 3.8) is 0 Å². The summed E-state index contributed by atoms with van der Waals surface area (Å²) in [7, 11) is 0. The van der Waals surface area contributed by atoms with E-state index in [1.807, 2.05) is 18.2 Å². The van der Waals surface area contributed by atoms with Crippen LogP contribution in [0, 0.1) is 11.3 Å². The van der Waals surface area contributed by atoms with E-state index >= 15 is 0 Å². The minimum Gasteiger partial charge on any atom is -0.315 e. The van der Waals surface area contributed by atoms with E-state index in [4.69, 9.17) is 11.6 Å². The quantitative estimate of drug-likeness (QED) is 0.709. The molecule has 0 atom stereocenters. The van der Waals surface area contributed by atoms with Gasteiger partial charge in [-0.2, -0.15) is 5.26 Å². The van der Waals surface area contributed by atoms with Crippen LogP contribution in [0.15, 0.2) is 24.3 Å². The van der Waals surface area contributed by atoms with Gasteiger partial charge in [-0.25, -0.2) is 0 Å². The van der Waals surface area contributed by atoms with Crippen molar-refractivity contribution in [2.45, 2.75) is 45.1 Å². The van der Waals surface area contributed by atoms with Crippen LogP contribution in [0.2, 0.25) is 5.02 Å². The molecule has 2 aromatic rings. The van der Waals surface area contributed by atoms with Crippen LogP contribution in [0.5, 0.6) is 0 Å². The predicted octanol–water partition coefficient (Wildman–Crippen LogP) is 4.69. The maximum Gasteiger partial charge on any atom is 0.239 e. The van der Waals surface area contributed by atoms with Crippen LogP contribution in [0.3, 0.4) is 0 Å². The van der Waals surface area contributed by atoms with Crippen molar-refractivity contribution in [1.82, 2.24) is 9.80 Å². The number of aryl methyl sites for hydroxylation is 1. The van der Waals surface area contributed by atoms with Crippen molar-refractivity contribution >= 4 is 33.8 Å². The molecule has 1 aromatic heterocycles. The standard InChI is InChI=1S/C24H29ClN4OS/c25-21-9-6-5-7-18(21)16-28-11-13-29(14-12-28)17-23(30)27-24-20(15-26)19-8-3-1-2-4-10-22(19)31-24/h5-7,9H,1-4,8,10-14,16-17H2,(H,27,30). The number of carbonyl (C=O) groups is 1. The number of piperazine rings is 1. The van der Waals surface area contributed by atoms with Crippen molar-refractivity contribution in [1.29, 1.82) is 5.26 Å². The van der Waals surface area contributed by atoms with E-state index in [-0.39, 0.29) is 5.91 Å². The fourth-order valence-corrected chi connectivity index (χ4v) is 5.92. The van der Waals surface area contributed by atoms with E-state index in [9.17, 15) is 10.1 Å². The van der Waals surface area contributed by atoms with E-state index in [1.54, 1.807) is 11.3 Å². The highest BCUT2D eigenvalue weighted by molar-refractivity contribution is 7.16. The molecule has 1 aliphatic carbocycles. The van der Waals surface area contributed by atoms with Crippen LogP contribution >= 0.6 is 22.9 Å². The van der Waals surface area contributed by atoms with Gasteiger partial charge in [-0.1, -0.05) is 42.6 Å². The van der Waals surface area contributed by atoms with Crippen molar-refractivity contribution in [3.05, 3.63) is 50.9 Å². The number of nitrogens with zero attached hydrogens (tertiary/aromatic N) is 3. The Hall–Kier alpha value is -1.91. The number of nitriles is 1. The Bertz CT molecular complexity index is 959. The molecule has 1 aromatic carbocycles. The van der Waals surface area contributed by atoms with Crippen LogP contribution in [0.25, 0.3) is 0 Å². The van der Waals surface area contributed by atoms with Gasteiger partial charge in [0.1, 0.15) is 11.1 Å². The van der Waals surface area contributed by atoms with Crippen molar-refractivity contribution in [2.24, 2.45) is 0 Å². The second kappa shape index (κ2) is 10.6. The summed E-state index contributed by atoms with van der Waals surface area (Å²) in [5.41, 5.74) is 3.02. The Labute approximate surface area is 193 Å². The van der Waals surface area contributed by atoms with Gasteiger partial charge >= 0.3 is 0 Å². The maximum absolute atomic E-state index is 12.7. The monoisotopic (exact) mass is 456 g/mol. The lowest BCUT2D eigenvalue weighted by Crippen LogP contribution is -2.48. The summed E-state index contributed by atoms with van der Waals surface area (Å²) < 4.78 is 0. The number of fused-ring (bicyclic) bond motifs is 1. The zero-order valence-corrected chi connectivity index (χ0v) is 19.4. The highest BCUT2D eigenvalue weighted by atomic mass is 35.5. The molecule has 0 radical (unpaired) electrons. The molecule has 1 fully saturated rings. The highest BCUT2D eigenvalue weighted by Crippen LogP contribution is 2.36. The lowest BCUT2D eigenvalue weighted by Gasteiger charge is -2.34. The molecule has 31 heavy (non-hydrogen) atoms. The van der Waals surface area contributed by atoms with Crippen LogP contribution < -0.4 is 5.32 Å². The summed E-state index contributed by atoms with van der Waals surface area (Å²) in [6.45, 7) is 4.73. The van der Waals surface area contributed by atoms with Crippen LogP contribution in [0.4, 0.5) is 5.00 Å². The lowest BCUT2D eigenvalue weighted by molar-refractivity contribution is -0.117. The van der Waals surface area contributed by atoms with Crippen LogP contribution in [0.1, 0.15) is 47.3 Å². The molecule has 1 saturated heterocycles. The average Bonchev–Trinajstić information content (AvgIpc) is 3.06. The second-order valence-corrected chi connectivity index (χ2v) is 9.94. The summed E-state index contributed by atoms with van der Waals surface area (Å²) in [6, 6.07) is 10.3. The highest BCUT2D eigenvalue weighted by Gasteiger charge is 2.23. The van der Waals surface area contributed by atoms with E-state index in [0.717, 1.165) is 67.6 Å². The molecule has 0 unspecified atom stereocenters. The lowest BCUT2D eigenvalue weighted by atomic mass is 9.97. The number of nitrogens with one attached hydrogen (secondary N) is 1. The SMILES string of the molecule is N#Cc1c(NC(=O)CN2CCN(Cc3ccccc3Cl)CC2)sc2c1CCCCCC2. The summed E-state index contributed by atoms with van der Waals surface area (Å²) >= 11 is 7.90. The van der Waals surface area contributed by atoms with Gasteiger partial charge in [0.05, 0.1) is 12.1 Å². The first-order valence-corrected chi connectivity index (χ1v) is 12.4. The first-order valence-electron chi connectivity index (χ1n) is 11.2. The van der Waals surface area contributed by atoms with Gasteiger partial charge in [-0.05, 0) is 42.9 Å². The minimum atomic E-state index is -0.0229. The molecule has 5 nitrogen and oxygen atoms in total. The van der Waals surface area contributed by atoms with Crippen molar-refractivity contribution in [2.75, 3.05) is 38.0 Å². The van der Waals surface area contributed by atoms with Gasteiger partial charge in [0.2, 0.25) is 5.91 Å². The number of hydrogen-bond donors (Lipinski definition) is 1. The number of anilines is 1. The number of thiophene rings is 1. The number of rotatable bonds is 5. The Morgan fingerprint density at radius 2 is 1.77 bits per heavy atom. The molecule has 4 rings (SSSR count). The molecule has 0 spiro atoms. The Balaban J connectivity index is 1.30. The van der Waals surface area contributed by atoms with Crippen LogP contribution in [-0.2, 0) is 24.2 Å². The summed E-state index contributed by atoms with van der Waals surface area (Å²) in [5.74, 6) is -0.0229. The van der Waals surface area contributed by atoms with E-state index in [1.165, 1.54) is 29.7 Å². The van der Waals surface area contributed by atoms with Gasteiger partial charge in [0, 0.05) is 42.6 Å². The molecule has 0 saturated carbocycles. The number of amides is 1. The number of halogens is 1. The zero-order valence-electron chi connectivity index (χ0n) is 17.8. The Morgan fingerprint density at radius 3 is 2.52 bits per heavy atom. The predicted molar refractivity (Wildman–Crippen MR) is 127 cm³/mol. The summed E-state index contributed by atoms with van der Waals surface area (Å²) in [6.07, 6.45) is 6.76. The third-order valence-corrected chi connectivity index (χ3v) is 7.80. The molecule has 0 bridgehead atoms. The van der Waals surface area contributed by atoms with Crippen molar-refractivity contribution in [3.8, 4) is 6.07 Å². The summed E-state index contributed by atoms with van der Waals surface area (Å²) in [5, 5.41) is 14.3. The molecule has 7 heteroatoms. The number of carbonyl (C=O) groups excluding carboxylic acids is 1. The summed E-state index contributed by atoms with van der Waals surface area (Å²) in [4.78, 5) is 18.6. The van der Waals surface area contributed by atoms with Gasteiger partial charge in [0.15, 0.2) is 0 Å². The van der Waals surface area contributed by atoms with Gasteiger partial charge in [-0.3, -0.25) is 14.6 Å². The topological polar surface area (TPSA) is 59.4 Å². The van der Waals surface area contributed by atoms with Crippen molar-refractivity contribution < 1.29 is 4.79 Å². The minimum absolute atomic E-state index is 0.0229. The number of hydrogen-bond acceptors (Lipinski definition) is 5. The van der Waals surface area contributed by atoms with Gasteiger partial charge in [0.25, 0.3) is 0 Å². The zero-order chi connectivity index (χ0) is 21.6. The molecule has 164 valence electrons. The normalized spacial score (nSPS) is 17.9. The molecular weight excluding hydrogens is 428 g/mol. The smallest absolute Gasteiger partial charge is 0.239 e.